The van der Waals surface area contributed by atoms with E-state index in [-0.39, 0.29) is 22.8 Å². The average Bonchev–Trinajstić information content (AvgIpc) is 3.15. The highest BCUT2D eigenvalue weighted by atomic mass is 35.5. The summed E-state index contributed by atoms with van der Waals surface area (Å²) in [6.07, 6.45) is 0. The standard InChI is InChI=1S/C18H16ClN3O5S/c1-20-28(25,26)15-7-8-16(17(10-15)22(23)24)21-11-14-6-9-18(27-14)12-2-4-13(19)5-3-12/h2-10,20-21H,11H2,1H3. The Bertz CT molecular complexity index is 1110. The van der Waals surface area contributed by atoms with E-state index in [9.17, 15) is 18.5 Å². The molecule has 1 heterocycles. The molecule has 0 amide bonds. The Kier molecular flexibility index (Phi) is 5.68. The van der Waals surface area contributed by atoms with Gasteiger partial charge in [0.05, 0.1) is 16.4 Å². The second kappa shape index (κ2) is 8.01. The molecule has 0 aliphatic rings. The first-order chi connectivity index (χ1) is 13.3. The molecule has 2 N–H and O–H groups in total. The largest absolute Gasteiger partial charge is 0.459 e. The van der Waals surface area contributed by atoms with Gasteiger partial charge in [0.2, 0.25) is 10.0 Å². The summed E-state index contributed by atoms with van der Waals surface area (Å²) in [5.74, 6) is 1.20. The molecule has 1 aromatic heterocycles. The first-order valence-corrected chi connectivity index (χ1v) is 9.97. The van der Waals surface area contributed by atoms with Crippen LogP contribution in [0.1, 0.15) is 5.76 Å². The number of sulfonamides is 1. The predicted octanol–water partition coefficient (Wildman–Crippen LogP) is 4.03. The molecule has 3 aromatic rings. The molecular weight excluding hydrogens is 406 g/mol. The molecule has 2 aromatic carbocycles. The van der Waals surface area contributed by atoms with Crippen LogP contribution in [-0.4, -0.2) is 20.4 Å². The van der Waals surface area contributed by atoms with Gasteiger partial charge in [-0.05, 0) is 55.6 Å². The van der Waals surface area contributed by atoms with Crippen LogP contribution in [0.25, 0.3) is 11.3 Å². The summed E-state index contributed by atoms with van der Waals surface area (Å²) in [4.78, 5) is 10.5. The number of furan rings is 1. The van der Waals surface area contributed by atoms with E-state index >= 15 is 0 Å². The third-order valence-corrected chi connectivity index (χ3v) is 5.65. The minimum Gasteiger partial charge on any atom is -0.459 e. The van der Waals surface area contributed by atoms with E-state index in [4.69, 9.17) is 16.0 Å². The normalized spacial score (nSPS) is 11.4. The quantitative estimate of drug-likeness (QED) is 0.439. The molecule has 10 heteroatoms. The number of nitrogens with zero attached hydrogens (tertiary/aromatic N) is 1. The molecule has 0 spiro atoms. The molecule has 0 saturated carbocycles. The third-order valence-electron chi connectivity index (χ3n) is 3.99. The van der Waals surface area contributed by atoms with E-state index < -0.39 is 14.9 Å². The van der Waals surface area contributed by atoms with Crippen molar-refractivity contribution >= 4 is 33.0 Å². The summed E-state index contributed by atoms with van der Waals surface area (Å²) in [7, 11) is -2.54. The van der Waals surface area contributed by atoms with Gasteiger partial charge in [-0.2, -0.15) is 0 Å². The van der Waals surface area contributed by atoms with Gasteiger partial charge in [0.25, 0.3) is 5.69 Å². The lowest BCUT2D eigenvalue weighted by atomic mass is 10.2. The fourth-order valence-corrected chi connectivity index (χ4v) is 3.40. The van der Waals surface area contributed by atoms with Crippen LogP contribution in [0.4, 0.5) is 11.4 Å². The number of nitro groups is 1. The monoisotopic (exact) mass is 421 g/mol. The molecule has 0 radical (unpaired) electrons. The van der Waals surface area contributed by atoms with E-state index in [1.807, 2.05) is 12.1 Å². The summed E-state index contributed by atoms with van der Waals surface area (Å²) >= 11 is 5.87. The highest BCUT2D eigenvalue weighted by molar-refractivity contribution is 7.89. The van der Waals surface area contributed by atoms with Gasteiger partial charge in [-0.15, -0.1) is 0 Å². The van der Waals surface area contributed by atoms with Crippen LogP contribution in [-0.2, 0) is 16.6 Å². The molecule has 0 atom stereocenters. The number of nitro benzene ring substituents is 1. The Morgan fingerprint density at radius 3 is 2.46 bits per heavy atom. The van der Waals surface area contributed by atoms with E-state index in [1.165, 1.54) is 19.2 Å². The van der Waals surface area contributed by atoms with Crippen LogP contribution in [0.3, 0.4) is 0 Å². The van der Waals surface area contributed by atoms with Gasteiger partial charge in [0.1, 0.15) is 17.2 Å². The molecule has 0 unspecified atom stereocenters. The van der Waals surface area contributed by atoms with Crippen molar-refractivity contribution in [1.29, 1.82) is 0 Å². The summed E-state index contributed by atoms with van der Waals surface area (Å²) < 4.78 is 31.6. The van der Waals surface area contributed by atoms with Gasteiger partial charge < -0.3 is 9.73 Å². The number of hydrogen-bond acceptors (Lipinski definition) is 6. The lowest BCUT2D eigenvalue weighted by molar-refractivity contribution is -0.384. The lowest BCUT2D eigenvalue weighted by Crippen LogP contribution is -2.18. The van der Waals surface area contributed by atoms with Crippen molar-refractivity contribution in [1.82, 2.24) is 4.72 Å². The topological polar surface area (TPSA) is 114 Å². The van der Waals surface area contributed by atoms with E-state index in [1.54, 1.807) is 24.3 Å². The first kappa shape index (κ1) is 19.9. The Hall–Kier alpha value is -2.88. The molecule has 0 fully saturated rings. The van der Waals surface area contributed by atoms with Gasteiger partial charge >= 0.3 is 0 Å². The van der Waals surface area contributed by atoms with Crippen LogP contribution in [0.15, 0.2) is 63.9 Å². The van der Waals surface area contributed by atoms with E-state index in [0.717, 1.165) is 11.6 Å². The zero-order chi connectivity index (χ0) is 20.3. The fraction of sp³-hybridized carbons (Fsp3) is 0.111. The first-order valence-electron chi connectivity index (χ1n) is 8.10. The smallest absolute Gasteiger partial charge is 0.293 e. The van der Waals surface area contributed by atoms with Crippen molar-refractivity contribution in [3.05, 3.63) is 75.5 Å². The summed E-state index contributed by atoms with van der Waals surface area (Å²) in [5, 5.41) is 14.9. The minimum absolute atomic E-state index is 0.185. The summed E-state index contributed by atoms with van der Waals surface area (Å²) in [6.45, 7) is 0.187. The lowest BCUT2D eigenvalue weighted by Gasteiger charge is -2.08. The van der Waals surface area contributed by atoms with Crippen molar-refractivity contribution in [2.45, 2.75) is 11.4 Å². The molecule has 0 aliphatic carbocycles. The molecule has 146 valence electrons. The van der Waals surface area contributed by atoms with Crippen LogP contribution in [0.2, 0.25) is 5.02 Å². The zero-order valence-electron chi connectivity index (χ0n) is 14.7. The maximum Gasteiger partial charge on any atom is 0.293 e. The van der Waals surface area contributed by atoms with Crippen molar-refractivity contribution in [2.24, 2.45) is 0 Å². The molecular formula is C18H16ClN3O5S. The van der Waals surface area contributed by atoms with Crippen molar-refractivity contribution < 1.29 is 17.8 Å². The van der Waals surface area contributed by atoms with Gasteiger partial charge in [-0.3, -0.25) is 10.1 Å². The maximum absolute atomic E-state index is 11.8. The SMILES string of the molecule is CNS(=O)(=O)c1ccc(NCc2ccc(-c3ccc(Cl)cc3)o2)c([N+](=O)[O-])c1. The van der Waals surface area contributed by atoms with Gasteiger partial charge in [0, 0.05) is 16.7 Å². The van der Waals surface area contributed by atoms with Gasteiger partial charge in [-0.1, -0.05) is 11.6 Å². The Balaban J connectivity index is 1.79. The van der Waals surface area contributed by atoms with Crippen LogP contribution < -0.4 is 10.0 Å². The van der Waals surface area contributed by atoms with E-state index in [2.05, 4.69) is 10.0 Å². The molecule has 28 heavy (non-hydrogen) atoms. The number of anilines is 1. The molecule has 0 saturated heterocycles. The van der Waals surface area contributed by atoms with Crippen molar-refractivity contribution in [2.75, 3.05) is 12.4 Å². The van der Waals surface area contributed by atoms with Gasteiger partial charge in [-0.25, -0.2) is 13.1 Å². The van der Waals surface area contributed by atoms with E-state index in [0.29, 0.717) is 16.5 Å². The van der Waals surface area contributed by atoms with Gasteiger partial charge in [0.15, 0.2) is 0 Å². The second-order valence-corrected chi connectivity index (χ2v) is 8.09. The number of benzene rings is 2. The maximum atomic E-state index is 11.8. The van der Waals surface area contributed by atoms with Crippen molar-refractivity contribution in [3.63, 3.8) is 0 Å². The number of rotatable bonds is 7. The highest BCUT2D eigenvalue weighted by Gasteiger charge is 2.20. The zero-order valence-corrected chi connectivity index (χ0v) is 16.3. The highest BCUT2D eigenvalue weighted by Crippen LogP contribution is 2.29. The summed E-state index contributed by atoms with van der Waals surface area (Å²) in [5.41, 5.74) is 0.688. The Labute approximate surface area is 166 Å². The fourth-order valence-electron chi connectivity index (χ4n) is 2.52. The Morgan fingerprint density at radius 1 is 1.11 bits per heavy atom. The number of hydrogen-bond donors (Lipinski definition) is 2. The van der Waals surface area contributed by atoms with Crippen LogP contribution in [0, 0.1) is 10.1 Å². The van der Waals surface area contributed by atoms with Crippen LogP contribution >= 0.6 is 11.6 Å². The molecule has 0 bridgehead atoms. The van der Waals surface area contributed by atoms with Crippen LogP contribution in [0.5, 0.6) is 0 Å². The molecule has 3 rings (SSSR count). The number of halogens is 1. The minimum atomic E-state index is -3.78. The Morgan fingerprint density at radius 2 is 1.82 bits per heavy atom. The summed E-state index contributed by atoms with van der Waals surface area (Å²) in [6, 6.07) is 14.3. The second-order valence-electron chi connectivity index (χ2n) is 5.77. The average molecular weight is 422 g/mol. The molecule has 0 aliphatic heterocycles. The van der Waals surface area contributed by atoms with Crippen molar-refractivity contribution in [3.8, 4) is 11.3 Å². The molecule has 8 nitrogen and oxygen atoms in total. The predicted molar refractivity (Wildman–Crippen MR) is 106 cm³/mol. The number of nitrogens with one attached hydrogen (secondary N) is 2. The third kappa shape index (κ3) is 4.33.